The van der Waals surface area contributed by atoms with E-state index in [1.165, 1.54) is 68.4 Å². The van der Waals surface area contributed by atoms with Gasteiger partial charge in [-0.25, -0.2) is 9.97 Å². The predicted octanol–water partition coefficient (Wildman–Crippen LogP) is 6.06. The molecule has 36 heavy (non-hydrogen) atoms. The number of hydrogen-bond donors (Lipinski definition) is 1. The van der Waals surface area contributed by atoms with E-state index in [2.05, 4.69) is 78.0 Å². The number of hydrogen-bond acceptors (Lipinski definition) is 4. The van der Waals surface area contributed by atoms with Crippen LogP contribution in [0.3, 0.4) is 0 Å². The molecule has 0 unspecified atom stereocenters. The molecule has 1 atom stereocenters. The Bertz CT molecular complexity index is 1170. The highest BCUT2D eigenvalue weighted by Gasteiger charge is 2.28. The van der Waals surface area contributed by atoms with E-state index >= 15 is 0 Å². The molecule has 0 bridgehead atoms. The van der Waals surface area contributed by atoms with Crippen molar-refractivity contribution in [2.75, 3.05) is 19.6 Å². The van der Waals surface area contributed by atoms with Crippen LogP contribution in [-0.4, -0.2) is 51.2 Å². The van der Waals surface area contributed by atoms with Crippen molar-refractivity contribution in [3.63, 3.8) is 0 Å². The van der Waals surface area contributed by atoms with Gasteiger partial charge in [0, 0.05) is 24.2 Å². The molecule has 0 saturated carbocycles. The van der Waals surface area contributed by atoms with Crippen LogP contribution < -0.4 is 5.32 Å². The van der Waals surface area contributed by atoms with E-state index in [0.29, 0.717) is 6.04 Å². The molecule has 5 rings (SSSR count). The van der Waals surface area contributed by atoms with Crippen LogP contribution in [-0.2, 0) is 13.0 Å². The molecule has 4 heterocycles. The lowest BCUT2D eigenvalue weighted by molar-refractivity contribution is 0.0778. The van der Waals surface area contributed by atoms with Gasteiger partial charge in [-0.2, -0.15) is 0 Å². The van der Waals surface area contributed by atoms with Crippen LogP contribution in [0.25, 0.3) is 17.2 Å². The van der Waals surface area contributed by atoms with Gasteiger partial charge in [0.1, 0.15) is 11.3 Å². The summed E-state index contributed by atoms with van der Waals surface area (Å²) in [5.74, 6) is 1.14. The fraction of sp³-hybridized carbons (Fsp3) is 0.548. The molecule has 0 radical (unpaired) electrons. The van der Waals surface area contributed by atoms with Crippen LogP contribution in [0.15, 0.2) is 36.4 Å². The number of piperidine rings is 2. The number of likely N-dealkylation sites (tertiary alicyclic amines) is 1. The highest BCUT2D eigenvalue weighted by molar-refractivity contribution is 5.76. The lowest BCUT2D eigenvalue weighted by Crippen LogP contribution is -2.50. The Kier molecular flexibility index (Phi) is 8.18. The minimum atomic E-state index is 0.711. The molecular formula is C31H43N5. The number of imidazole rings is 1. The van der Waals surface area contributed by atoms with Gasteiger partial charge in [-0.05, 0) is 94.8 Å². The lowest BCUT2D eigenvalue weighted by Gasteiger charge is -2.42. The third-order valence-corrected chi connectivity index (χ3v) is 8.06. The van der Waals surface area contributed by atoms with Gasteiger partial charge in [0.2, 0.25) is 0 Å². The number of pyridine rings is 1. The van der Waals surface area contributed by atoms with Crippen molar-refractivity contribution in [1.29, 1.82) is 0 Å². The standard InChI is InChI=1S/C31H43N5/c1-4-8-29-34-30-23(2)21-24(3)33-31(30)36(29)22-26-14-12-25(13-15-26)9-7-11-27-10-5-6-20-35(27)28-16-18-32-19-17-28/h7,9,12-15,21,27-28,32H,4-6,8,10-11,16-20,22H2,1-3H3/b9-7+/t27-/m1/s1. The third-order valence-electron chi connectivity index (χ3n) is 8.06. The van der Waals surface area contributed by atoms with Crippen LogP contribution in [0.4, 0.5) is 0 Å². The Morgan fingerprint density at radius 1 is 1.03 bits per heavy atom. The number of rotatable bonds is 8. The summed E-state index contributed by atoms with van der Waals surface area (Å²) < 4.78 is 2.32. The number of aryl methyl sites for hydroxylation is 3. The topological polar surface area (TPSA) is 46.0 Å². The zero-order valence-corrected chi connectivity index (χ0v) is 22.5. The van der Waals surface area contributed by atoms with E-state index in [9.17, 15) is 0 Å². The highest BCUT2D eigenvalue weighted by atomic mass is 15.2. The fourth-order valence-electron chi connectivity index (χ4n) is 6.20. The first-order valence-corrected chi connectivity index (χ1v) is 14.2. The molecule has 1 N–H and O–H groups in total. The number of nitrogens with zero attached hydrogens (tertiary/aromatic N) is 4. The predicted molar refractivity (Wildman–Crippen MR) is 150 cm³/mol. The van der Waals surface area contributed by atoms with Crippen LogP contribution >= 0.6 is 0 Å². The molecule has 2 saturated heterocycles. The summed E-state index contributed by atoms with van der Waals surface area (Å²) in [6, 6.07) is 12.7. The highest BCUT2D eigenvalue weighted by Crippen LogP contribution is 2.26. The van der Waals surface area contributed by atoms with E-state index in [-0.39, 0.29) is 0 Å². The van der Waals surface area contributed by atoms with E-state index in [0.717, 1.165) is 54.5 Å². The van der Waals surface area contributed by atoms with E-state index in [1.807, 2.05) is 0 Å². The molecule has 192 valence electrons. The summed E-state index contributed by atoms with van der Waals surface area (Å²) in [6.45, 7) is 10.9. The van der Waals surface area contributed by atoms with E-state index in [1.54, 1.807) is 0 Å². The van der Waals surface area contributed by atoms with Gasteiger partial charge < -0.3 is 9.88 Å². The number of benzene rings is 1. The Balaban J connectivity index is 1.26. The summed E-state index contributed by atoms with van der Waals surface area (Å²) in [5.41, 5.74) is 6.92. The summed E-state index contributed by atoms with van der Waals surface area (Å²) in [5, 5.41) is 3.53. The normalized spacial score (nSPS) is 20.0. The van der Waals surface area contributed by atoms with Crippen LogP contribution in [0.1, 0.15) is 80.1 Å². The first kappa shape index (κ1) is 25.2. The molecule has 5 nitrogen and oxygen atoms in total. The summed E-state index contributed by atoms with van der Waals surface area (Å²) in [7, 11) is 0. The summed E-state index contributed by atoms with van der Waals surface area (Å²) in [4.78, 5) is 12.7. The zero-order valence-electron chi connectivity index (χ0n) is 22.5. The Morgan fingerprint density at radius 3 is 2.61 bits per heavy atom. The maximum Gasteiger partial charge on any atom is 0.160 e. The van der Waals surface area contributed by atoms with Gasteiger partial charge in [-0.3, -0.25) is 4.90 Å². The smallest absolute Gasteiger partial charge is 0.160 e. The third kappa shape index (κ3) is 5.73. The SMILES string of the molecule is CCCc1nc2c(C)cc(C)nc2n1Cc1ccc(/C=C/C[C@H]2CCCCN2C2CCNCC2)cc1. The molecule has 2 fully saturated rings. The molecule has 1 aromatic carbocycles. The fourth-order valence-corrected chi connectivity index (χ4v) is 6.20. The van der Waals surface area contributed by atoms with Crippen molar-refractivity contribution >= 4 is 17.2 Å². The van der Waals surface area contributed by atoms with Gasteiger partial charge in [0.25, 0.3) is 0 Å². The Hall–Kier alpha value is -2.50. The van der Waals surface area contributed by atoms with E-state index in [4.69, 9.17) is 9.97 Å². The van der Waals surface area contributed by atoms with Crippen LogP contribution in [0.2, 0.25) is 0 Å². The zero-order chi connectivity index (χ0) is 24.9. The Morgan fingerprint density at radius 2 is 1.83 bits per heavy atom. The largest absolute Gasteiger partial charge is 0.317 e. The average Bonchev–Trinajstić information content (AvgIpc) is 3.23. The molecule has 0 aliphatic carbocycles. The number of nitrogens with one attached hydrogen (secondary N) is 1. The number of fused-ring (bicyclic) bond motifs is 1. The number of aromatic nitrogens is 3. The van der Waals surface area contributed by atoms with E-state index < -0.39 is 0 Å². The van der Waals surface area contributed by atoms with Crippen molar-refractivity contribution in [1.82, 2.24) is 24.8 Å². The molecule has 3 aromatic rings. The monoisotopic (exact) mass is 485 g/mol. The first-order valence-electron chi connectivity index (χ1n) is 14.2. The summed E-state index contributed by atoms with van der Waals surface area (Å²) >= 11 is 0. The van der Waals surface area contributed by atoms with Crippen molar-refractivity contribution < 1.29 is 0 Å². The van der Waals surface area contributed by atoms with Gasteiger partial charge in [-0.15, -0.1) is 0 Å². The van der Waals surface area contributed by atoms with Crippen LogP contribution in [0, 0.1) is 13.8 Å². The van der Waals surface area contributed by atoms with Gasteiger partial charge in [-0.1, -0.05) is 49.8 Å². The second-order valence-corrected chi connectivity index (χ2v) is 10.9. The molecule has 2 aromatic heterocycles. The maximum absolute atomic E-state index is 4.96. The second kappa shape index (κ2) is 11.7. The Labute approximate surface area is 217 Å². The van der Waals surface area contributed by atoms with Gasteiger partial charge in [0.15, 0.2) is 5.65 Å². The van der Waals surface area contributed by atoms with Crippen molar-refractivity contribution in [2.24, 2.45) is 0 Å². The molecule has 0 spiro atoms. The summed E-state index contributed by atoms with van der Waals surface area (Å²) in [6.07, 6.45) is 14.7. The second-order valence-electron chi connectivity index (χ2n) is 10.9. The van der Waals surface area contributed by atoms with Gasteiger partial charge >= 0.3 is 0 Å². The molecule has 0 amide bonds. The first-order chi connectivity index (χ1) is 17.6. The van der Waals surface area contributed by atoms with Crippen molar-refractivity contribution in [3.8, 4) is 0 Å². The van der Waals surface area contributed by atoms with Crippen molar-refractivity contribution in [3.05, 3.63) is 64.6 Å². The van der Waals surface area contributed by atoms with Gasteiger partial charge in [0.05, 0.1) is 6.54 Å². The molecule has 2 aliphatic rings. The average molecular weight is 486 g/mol. The quantitative estimate of drug-likeness (QED) is 0.421. The van der Waals surface area contributed by atoms with Crippen molar-refractivity contribution in [2.45, 2.75) is 90.8 Å². The van der Waals surface area contributed by atoms with Crippen LogP contribution in [0.5, 0.6) is 0 Å². The maximum atomic E-state index is 4.96. The lowest BCUT2D eigenvalue weighted by atomic mass is 9.93. The molecule has 2 aliphatic heterocycles. The molecular weight excluding hydrogens is 442 g/mol. The minimum Gasteiger partial charge on any atom is -0.317 e. The molecule has 5 heteroatoms. The minimum absolute atomic E-state index is 0.711.